The molecule has 0 aliphatic carbocycles. The Labute approximate surface area is 216 Å². The van der Waals surface area contributed by atoms with E-state index in [-0.39, 0.29) is 12.0 Å². The van der Waals surface area contributed by atoms with Gasteiger partial charge in [-0.25, -0.2) is 15.0 Å². The monoisotopic (exact) mass is 523 g/mol. The van der Waals surface area contributed by atoms with Crippen molar-refractivity contribution in [2.75, 3.05) is 18.4 Å². The van der Waals surface area contributed by atoms with Gasteiger partial charge in [0.1, 0.15) is 35.3 Å². The molecule has 1 aromatic carbocycles. The predicted molar refractivity (Wildman–Crippen MR) is 137 cm³/mol. The summed E-state index contributed by atoms with van der Waals surface area (Å²) in [5.74, 6) is 1.39. The Bertz CT molecular complexity index is 1430. The molecule has 0 radical (unpaired) electrons. The number of nitrogens with zero attached hydrogens (tertiary/aromatic N) is 6. The highest BCUT2D eigenvalue weighted by molar-refractivity contribution is 7.11. The minimum atomic E-state index is -0.143. The average molecular weight is 524 g/mol. The van der Waals surface area contributed by atoms with Crippen LogP contribution in [0.5, 0.6) is 11.6 Å². The molecule has 184 valence electrons. The van der Waals surface area contributed by atoms with Gasteiger partial charge in [-0.3, -0.25) is 4.79 Å². The van der Waals surface area contributed by atoms with Gasteiger partial charge < -0.3 is 19.7 Å². The summed E-state index contributed by atoms with van der Waals surface area (Å²) in [6.45, 7) is 6.84. The van der Waals surface area contributed by atoms with Crippen molar-refractivity contribution in [2.24, 2.45) is 0 Å². The largest absolute Gasteiger partial charge is 0.485 e. The highest BCUT2D eigenvalue weighted by Crippen LogP contribution is 2.31. The fraction of sp³-hybridized carbons (Fsp3) is 0.250. The summed E-state index contributed by atoms with van der Waals surface area (Å²) in [6, 6.07) is 8.95. The van der Waals surface area contributed by atoms with Crippen LogP contribution in [0.1, 0.15) is 16.4 Å². The maximum atomic E-state index is 11.8. The smallest absolute Gasteiger partial charge is 0.246 e. The molecule has 1 aliphatic heterocycles. The van der Waals surface area contributed by atoms with E-state index in [1.807, 2.05) is 19.1 Å². The van der Waals surface area contributed by atoms with E-state index in [0.717, 1.165) is 16.4 Å². The molecule has 1 N–H and O–H groups in total. The van der Waals surface area contributed by atoms with Crippen LogP contribution in [0, 0.1) is 6.92 Å². The van der Waals surface area contributed by atoms with Gasteiger partial charge in [0.05, 0.1) is 17.1 Å². The Balaban J connectivity index is 1.30. The number of halogens is 1. The molecule has 0 spiro atoms. The van der Waals surface area contributed by atoms with Crippen LogP contribution in [-0.4, -0.2) is 55.1 Å². The van der Waals surface area contributed by atoms with E-state index in [1.165, 1.54) is 23.7 Å². The average Bonchev–Trinajstić information content (AvgIpc) is 3.52. The van der Waals surface area contributed by atoms with Crippen molar-refractivity contribution in [2.45, 2.75) is 26.1 Å². The van der Waals surface area contributed by atoms with Gasteiger partial charge in [0, 0.05) is 24.7 Å². The molecule has 1 atom stereocenters. The highest BCUT2D eigenvalue weighted by Gasteiger charge is 2.26. The number of nitrogens with one attached hydrogen (secondary N) is 1. The summed E-state index contributed by atoms with van der Waals surface area (Å²) in [4.78, 5) is 26.8. The van der Waals surface area contributed by atoms with Crippen LogP contribution in [0.4, 0.5) is 11.5 Å². The van der Waals surface area contributed by atoms with Crippen LogP contribution in [0.15, 0.2) is 49.3 Å². The van der Waals surface area contributed by atoms with Crippen molar-refractivity contribution in [1.82, 2.24) is 30.0 Å². The number of aromatic nitrogens is 5. The first-order chi connectivity index (χ1) is 17.5. The molecule has 3 aromatic heterocycles. The number of fused-ring (bicyclic) bond motifs is 1. The van der Waals surface area contributed by atoms with E-state index in [9.17, 15) is 4.79 Å². The van der Waals surface area contributed by atoms with Crippen molar-refractivity contribution < 1.29 is 14.3 Å². The minimum absolute atomic E-state index is 0.0992. The minimum Gasteiger partial charge on any atom is -0.485 e. The lowest BCUT2D eigenvalue weighted by Crippen LogP contribution is -2.29. The Hall–Kier alpha value is -3.83. The first-order valence-electron chi connectivity index (χ1n) is 11.2. The molecule has 0 saturated carbocycles. The second-order valence-corrected chi connectivity index (χ2v) is 9.70. The lowest BCUT2D eigenvalue weighted by Gasteiger charge is -2.15. The van der Waals surface area contributed by atoms with Gasteiger partial charge >= 0.3 is 0 Å². The van der Waals surface area contributed by atoms with Gasteiger partial charge in [-0.05, 0) is 37.3 Å². The summed E-state index contributed by atoms with van der Waals surface area (Å²) in [5.41, 5.74) is 1.92. The molecule has 1 aliphatic rings. The SMILES string of the molecule is C=CC(=O)N1CC[C@H](Oc2ccc3ncnc(Nc4ccc(OCc5nnc(C)s5)c(Cl)c4)c3n2)C1. The van der Waals surface area contributed by atoms with Gasteiger partial charge in [0.2, 0.25) is 11.8 Å². The third-order valence-electron chi connectivity index (χ3n) is 5.49. The van der Waals surface area contributed by atoms with Crippen LogP contribution in [0.25, 0.3) is 11.0 Å². The quantitative estimate of drug-likeness (QED) is 0.337. The fourth-order valence-corrected chi connectivity index (χ4v) is 4.63. The number of ether oxygens (including phenoxy) is 2. The number of aryl methyl sites for hydroxylation is 1. The Kier molecular flexibility index (Phi) is 6.92. The van der Waals surface area contributed by atoms with Crippen molar-refractivity contribution in [3.05, 3.63) is 64.4 Å². The molecule has 4 heterocycles. The molecule has 1 saturated heterocycles. The zero-order valence-corrected chi connectivity index (χ0v) is 20.9. The van der Waals surface area contributed by atoms with Crippen molar-refractivity contribution in [1.29, 1.82) is 0 Å². The second kappa shape index (κ2) is 10.4. The molecule has 1 amide bonds. The van der Waals surface area contributed by atoms with Gasteiger partial charge in [-0.15, -0.1) is 10.2 Å². The summed E-state index contributed by atoms with van der Waals surface area (Å²) < 4.78 is 11.8. The van der Waals surface area contributed by atoms with E-state index in [1.54, 1.807) is 23.1 Å². The lowest BCUT2D eigenvalue weighted by atomic mass is 10.3. The fourth-order valence-electron chi connectivity index (χ4n) is 3.77. The predicted octanol–water partition coefficient (Wildman–Crippen LogP) is 4.33. The van der Waals surface area contributed by atoms with E-state index >= 15 is 0 Å². The number of anilines is 2. The van der Waals surface area contributed by atoms with Crippen molar-refractivity contribution in [3.63, 3.8) is 0 Å². The maximum absolute atomic E-state index is 11.8. The number of carbonyl (C=O) groups is 1. The molecule has 36 heavy (non-hydrogen) atoms. The lowest BCUT2D eigenvalue weighted by molar-refractivity contribution is -0.125. The van der Waals surface area contributed by atoms with Crippen LogP contribution >= 0.6 is 22.9 Å². The third-order valence-corrected chi connectivity index (χ3v) is 6.60. The Morgan fingerprint density at radius 2 is 2.19 bits per heavy atom. The summed E-state index contributed by atoms with van der Waals surface area (Å²) in [6.07, 6.45) is 3.36. The number of hydrogen-bond acceptors (Lipinski definition) is 10. The summed E-state index contributed by atoms with van der Waals surface area (Å²) >= 11 is 7.93. The van der Waals surface area contributed by atoms with E-state index < -0.39 is 0 Å². The van der Waals surface area contributed by atoms with E-state index in [0.29, 0.717) is 58.9 Å². The number of amides is 1. The number of carbonyl (C=O) groups excluding carboxylic acids is 1. The highest BCUT2D eigenvalue weighted by atomic mass is 35.5. The van der Waals surface area contributed by atoms with Crippen LogP contribution < -0.4 is 14.8 Å². The number of rotatable bonds is 8. The van der Waals surface area contributed by atoms with Gasteiger partial charge in [-0.2, -0.15) is 0 Å². The van der Waals surface area contributed by atoms with Gasteiger partial charge in [-0.1, -0.05) is 29.5 Å². The molecule has 1 fully saturated rings. The number of hydrogen-bond donors (Lipinski definition) is 1. The maximum Gasteiger partial charge on any atom is 0.246 e. The van der Waals surface area contributed by atoms with Gasteiger partial charge in [0.25, 0.3) is 0 Å². The van der Waals surface area contributed by atoms with Gasteiger partial charge in [0.15, 0.2) is 10.8 Å². The van der Waals surface area contributed by atoms with E-state index in [2.05, 4.69) is 37.0 Å². The molecule has 12 heteroatoms. The summed E-state index contributed by atoms with van der Waals surface area (Å²) in [7, 11) is 0. The second-order valence-electron chi connectivity index (χ2n) is 8.03. The molecule has 0 unspecified atom stereocenters. The zero-order valence-electron chi connectivity index (χ0n) is 19.3. The topological polar surface area (TPSA) is 115 Å². The first kappa shape index (κ1) is 23.9. The number of pyridine rings is 1. The van der Waals surface area contributed by atoms with Crippen LogP contribution in [0.2, 0.25) is 5.02 Å². The third kappa shape index (κ3) is 5.37. The zero-order chi connectivity index (χ0) is 25.1. The molecular formula is C24H22ClN7O3S. The molecule has 4 aromatic rings. The number of likely N-dealkylation sites (tertiary alicyclic amines) is 1. The normalized spacial score (nSPS) is 15.2. The Morgan fingerprint density at radius 3 is 2.97 bits per heavy atom. The Morgan fingerprint density at radius 1 is 1.31 bits per heavy atom. The number of benzene rings is 1. The van der Waals surface area contributed by atoms with Crippen LogP contribution in [0.3, 0.4) is 0 Å². The van der Waals surface area contributed by atoms with Crippen molar-refractivity contribution >= 4 is 51.4 Å². The molecule has 5 rings (SSSR count). The molecule has 10 nitrogen and oxygen atoms in total. The molecule has 0 bridgehead atoms. The first-order valence-corrected chi connectivity index (χ1v) is 12.4. The standard InChI is InChI=1S/C24H22ClN7O3S/c1-3-22(33)32-9-8-16(11-32)35-20-7-5-18-23(29-20)24(27-13-26-18)28-15-4-6-19(17(25)10-15)34-12-21-31-30-14(2)36-21/h3-7,10,13,16H,1,8-9,11-12H2,2H3,(H,26,27,28)/t16-/m0/s1. The molecular weight excluding hydrogens is 502 g/mol. The summed E-state index contributed by atoms with van der Waals surface area (Å²) in [5, 5.41) is 13.4. The van der Waals surface area contributed by atoms with Crippen molar-refractivity contribution in [3.8, 4) is 11.6 Å². The van der Waals surface area contributed by atoms with E-state index in [4.69, 9.17) is 21.1 Å². The van der Waals surface area contributed by atoms with Crippen LogP contribution in [-0.2, 0) is 11.4 Å².